The van der Waals surface area contributed by atoms with Gasteiger partial charge in [-0.2, -0.15) is 0 Å². The van der Waals surface area contributed by atoms with E-state index in [1.807, 2.05) is 0 Å². The minimum atomic E-state index is -1.38. The number of rotatable bonds is 7. The van der Waals surface area contributed by atoms with Crippen molar-refractivity contribution in [3.63, 3.8) is 0 Å². The Balaban J connectivity index is 1.65. The van der Waals surface area contributed by atoms with Crippen LogP contribution < -0.4 is 0 Å². The fraction of sp³-hybridized carbons (Fsp3) is 1.00. The fourth-order valence-electron chi connectivity index (χ4n) is 5.33. The number of aliphatic hydroxyl groups excluding tert-OH is 4. The molecule has 0 bridgehead atoms. The van der Waals surface area contributed by atoms with E-state index in [0.717, 1.165) is 50.9 Å². The molecule has 0 aromatic rings. The lowest BCUT2D eigenvalue weighted by molar-refractivity contribution is -0.385. The van der Waals surface area contributed by atoms with Gasteiger partial charge in [-0.3, -0.25) is 0 Å². The Hall–Kier alpha value is -0.240. The third kappa shape index (κ3) is 4.85. The average molecular weight is 387 g/mol. The SMILES string of the molecule is OC[C@H]1O[C@](OCCCC2CCCCC2)(C2CCCCC2)[C@H](O)[C@@H](O)[C@@H]1O. The summed E-state index contributed by atoms with van der Waals surface area (Å²) >= 11 is 0. The van der Waals surface area contributed by atoms with Crippen molar-refractivity contribution in [1.29, 1.82) is 0 Å². The molecule has 1 heterocycles. The van der Waals surface area contributed by atoms with Crippen LogP contribution in [0.3, 0.4) is 0 Å². The van der Waals surface area contributed by atoms with Crippen LogP contribution >= 0.6 is 0 Å². The Morgan fingerprint density at radius 3 is 2.11 bits per heavy atom. The molecule has 2 aliphatic carbocycles. The van der Waals surface area contributed by atoms with Crippen molar-refractivity contribution in [2.75, 3.05) is 13.2 Å². The van der Waals surface area contributed by atoms with Crippen LogP contribution in [0.2, 0.25) is 0 Å². The first kappa shape index (κ1) is 21.5. The summed E-state index contributed by atoms with van der Waals surface area (Å²) in [4.78, 5) is 0. The molecular formula is C21H38O6. The van der Waals surface area contributed by atoms with Crippen molar-refractivity contribution in [1.82, 2.24) is 0 Å². The van der Waals surface area contributed by atoms with Gasteiger partial charge in [0.05, 0.1) is 13.2 Å². The lowest BCUT2D eigenvalue weighted by Crippen LogP contribution is -2.68. The minimum Gasteiger partial charge on any atom is -0.394 e. The predicted octanol–water partition coefficient (Wildman–Crippen LogP) is 2.11. The summed E-state index contributed by atoms with van der Waals surface area (Å²) in [6, 6.07) is 0. The van der Waals surface area contributed by atoms with Crippen molar-refractivity contribution in [3.05, 3.63) is 0 Å². The molecule has 0 aromatic carbocycles. The summed E-state index contributed by atoms with van der Waals surface area (Å²) in [5.74, 6) is -0.603. The molecule has 1 aliphatic heterocycles. The maximum absolute atomic E-state index is 10.8. The third-order valence-electron chi connectivity index (χ3n) is 6.97. The standard InChI is InChI=1S/C21H38O6/c22-14-17-18(23)19(24)20(25)21(27-17,16-11-5-2-6-12-16)26-13-7-10-15-8-3-1-4-9-15/h15-20,22-25H,1-14H2/t17-,18-,19+,20-,21-/m1/s1. The van der Waals surface area contributed by atoms with E-state index in [9.17, 15) is 20.4 Å². The lowest BCUT2D eigenvalue weighted by atomic mass is 9.76. The van der Waals surface area contributed by atoms with Crippen LogP contribution in [-0.4, -0.2) is 63.8 Å². The van der Waals surface area contributed by atoms with Gasteiger partial charge in [-0.15, -0.1) is 0 Å². The Bertz CT molecular complexity index is 428. The van der Waals surface area contributed by atoms with Crippen LogP contribution in [-0.2, 0) is 9.47 Å². The van der Waals surface area contributed by atoms with Gasteiger partial charge in [-0.05, 0) is 31.6 Å². The molecule has 4 N–H and O–H groups in total. The van der Waals surface area contributed by atoms with E-state index in [1.165, 1.54) is 32.1 Å². The van der Waals surface area contributed by atoms with Gasteiger partial charge in [0.15, 0.2) is 5.79 Å². The second kappa shape index (κ2) is 9.99. The minimum absolute atomic E-state index is 0.0351. The van der Waals surface area contributed by atoms with Gasteiger partial charge in [0, 0.05) is 5.92 Å². The van der Waals surface area contributed by atoms with Crippen LogP contribution in [0.5, 0.6) is 0 Å². The molecule has 6 nitrogen and oxygen atoms in total. The van der Waals surface area contributed by atoms with Gasteiger partial charge in [-0.1, -0.05) is 51.4 Å². The lowest BCUT2D eigenvalue weighted by Gasteiger charge is -2.52. The number of hydrogen-bond acceptors (Lipinski definition) is 6. The summed E-state index contributed by atoms with van der Waals surface area (Å²) in [5, 5.41) is 41.0. The van der Waals surface area contributed by atoms with Gasteiger partial charge in [0.25, 0.3) is 0 Å². The summed E-state index contributed by atoms with van der Waals surface area (Å²) in [6.07, 6.45) is 8.61. The van der Waals surface area contributed by atoms with E-state index in [0.29, 0.717) is 6.61 Å². The van der Waals surface area contributed by atoms with Crippen LogP contribution in [0, 0.1) is 11.8 Å². The van der Waals surface area contributed by atoms with Gasteiger partial charge in [0.2, 0.25) is 0 Å². The van der Waals surface area contributed by atoms with Crippen molar-refractivity contribution in [2.24, 2.45) is 11.8 Å². The van der Waals surface area contributed by atoms with E-state index in [2.05, 4.69) is 0 Å². The van der Waals surface area contributed by atoms with Crippen LogP contribution in [0.4, 0.5) is 0 Å². The normalized spacial score (nSPS) is 39.6. The Kier molecular flexibility index (Phi) is 7.94. The van der Waals surface area contributed by atoms with E-state index < -0.39 is 36.8 Å². The second-order valence-electron chi connectivity index (χ2n) is 8.82. The Morgan fingerprint density at radius 2 is 1.48 bits per heavy atom. The molecule has 158 valence electrons. The maximum atomic E-state index is 10.8. The molecular weight excluding hydrogens is 348 g/mol. The largest absolute Gasteiger partial charge is 0.394 e. The zero-order valence-electron chi connectivity index (χ0n) is 16.5. The van der Waals surface area contributed by atoms with Crippen molar-refractivity contribution < 1.29 is 29.9 Å². The molecule has 2 saturated carbocycles. The molecule has 0 unspecified atom stereocenters. The van der Waals surface area contributed by atoms with Crippen LogP contribution in [0.15, 0.2) is 0 Å². The highest BCUT2D eigenvalue weighted by molar-refractivity contribution is 5.00. The number of hydrogen-bond donors (Lipinski definition) is 4. The highest BCUT2D eigenvalue weighted by Crippen LogP contribution is 2.43. The monoisotopic (exact) mass is 386 g/mol. The molecule has 0 radical (unpaired) electrons. The van der Waals surface area contributed by atoms with Crippen molar-refractivity contribution in [3.8, 4) is 0 Å². The smallest absolute Gasteiger partial charge is 0.200 e. The number of aliphatic hydroxyl groups is 4. The van der Waals surface area contributed by atoms with E-state index >= 15 is 0 Å². The molecule has 0 spiro atoms. The third-order valence-corrected chi connectivity index (χ3v) is 6.97. The van der Waals surface area contributed by atoms with Crippen molar-refractivity contribution >= 4 is 0 Å². The first-order valence-electron chi connectivity index (χ1n) is 11.1. The summed E-state index contributed by atoms with van der Waals surface area (Å²) in [7, 11) is 0. The first-order valence-corrected chi connectivity index (χ1v) is 11.1. The molecule has 3 aliphatic rings. The van der Waals surface area contributed by atoms with E-state index in [-0.39, 0.29) is 5.92 Å². The zero-order valence-corrected chi connectivity index (χ0v) is 16.5. The predicted molar refractivity (Wildman–Crippen MR) is 101 cm³/mol. The molecule has 0 aromatic heterocycles. The Labute approximate surface area is 162 Å². The van der Waals surface area contributed by atoms with Gasteiger partial charge >= 0.3 is 0 Å². The van der Waals surface area contributed by atoms with Crippen LogP contribution in [0.25, 0.3) is 0 Å². The average Bonchev–Trinajstić information content (AvgIpc) is 2.72. The first-order chi connectivity index (χ1) is 13.1. The molecule has 3 rings (SSSR count). The summed E-state index contributed by atoms with van der Waals surface area (Å²) in [5.41, 5.74) is 0. The summed E-state index contributed by atoms with van der Waals surface area (Å²) in [6.45, 7) is 0.0515. The molecule has 5 atom stereocenters. The molecule has 6 heteroatoms. The van der Waals surface area contributed by atoms with E-state index in [1.54, 1.807) is 0 Å². The quantitative estimate of drug-likeness (QED) is 0.500. The highest BCUT2D eigenvalue weighted by Gasteiger charge is 2.58. The summed E-state index contributed by atoms with van der Waals surface area (Å²) < 4.78 is 12.2. The highest BCUT2D eigenvalue weighted by atomic mass is 16.7. The van der Waals surface area contributed by atoms with Gasteiger partial charge < -0.3 is 29.9 Å². The zero-order chi connectivity index (χ0) is 19.3. The molecule has 0 amide bonds. The van der Waals surface area contributed by atoms with Crippen LogP contribution in [0.1, 0.15) is 77.0 Å². The Morgan fingerprint density at radius 1 is 0.852 bits per heavy atom. The fourth-order valence-corrected chi connectivity index (χ4v) is 5.33. The number of ether oxygens (including phenoxy) is 2. The molecule has 27 heavy (non-hydrogen) atoms. The second-order valence-corrected chi connectivity index (χ2v) is 8.82. The van der Waals surface area contributed by atoms with Crippen molar-refractivity contribution in [2.45, 2.75) is 107 Å². The maximum Gasteiger partial charge on any atom is 0.200 e. The molecule has 3 fully saturated rings. The van der Waals surface area contributed by atoms with Gasteiger partial charge in [-0.25, -0.2) is 0 Å². The van der Waals surface area contributed by atoms with E-state index in [4.69, 9.17) is 9.47 Å². The topological polar surface area (TPSA) is 99.4 Å². The molecule has 1 saturated heterocycles. The van der Waals surface area contributed by atoms with Gasteiger partial charge in [0.1, 0.15) is 24.4 Å².